The first-order valence-electron chi connectivity index (χ1n) is 12.5. The minimum atomic E-state index is 0.362. The highest BCUT2D eigenvalue weighted by Crippen LogP contribution is 2.24. The van der Waals surface area contributed by atoms with Crippen LogP contribution in [0.1, 0.15) is 51.7 Å². The van der Waals surface area contributed by atoms with Crippen LogP contribution in [0.4, 0.5) is 11.5 Å². The highest BCUT2D eigenvalue weighted by Gasteiger charge is 2.10. The smallest absolute Gasteiger partial charge is 0.217 e. The molecule has 2 heterocycles. The lowest BCUT2D eigenvalue weighted by atomic mass is 10.2. The third-order valence-corrected chi connectivity index (χ3v) is 4.79. The van der Waals surface area contributed by atoms with Crippen LogP contribution < -0.4 is 19.8 Å². The molecular weight excluding hydrogens is 438 g/mol. The molecule has 3 aromatic rings. The summed E-state index contributed by atoms with van der Waals surface area (Å²) in [5.74, 6) is 1.74. The van der Waals surface area contributed by atoms with Gasteiger partial charge in [-0.05, 0) is 31.4 Å². The van der Waals surface area contributed by atoms with Crippen molar-refractivity contribution in [1.82, 2.24) is 9.97 Å². The van der Waals surface area contributed by atoms with Crippen molar-refractivity contribution in [3.8, 4) is 11.8 Å². The van der Waals surface area contributed by atoms with Gasteiger partial charge in [0.2, 0.25) is 11.8 Å². The van der Waals surface area contributed by atoms with Crippen molar-refractivity contribution < 1.29 is 9.47 Å². The molecule has 0 spiro atoms. The predicted molar refractivity (Wildman–Crippen MR) is 146 cm³/mol. The Labute approximate surface area is 210 Å². The molecule has 0 fully saturated rings. The summed E-state index contributed by atoms with van der Waals surface area (Å²) in [7, 11) is 0. The number of hydrogen-bond acceptors (Lipinski definition) is 7. The summed E-state index contributed by atoms with van der Waals surface area (Å²) in [6.45, 7) is 13.1. The highest BCUT2D eigenvalue weighted by atomic mass is 16.5. The largest absolute Gasteiger partial charge is 0.474 e. The van der Waals surface area contributed by atoms with Gasteiger partial charge >= 0.3 is 0 Å². The number of rotatable bonds is 13. The number of hydrogen-bond donors (Lipinski definition) is 1. The molecule has 1 aromatic carbocycles. The SMILES string of the molecule is CC.CCCN(CCC)c1cc(N/N=C/c2cccc(C)c2)nc(OCCOc2ccccn2)c1. The summed E-state index contributed by atoms with van der Waals surface area (Å²) in [4.78, 5) is 11.1. The molecule has 0 saturated carbocycles. The van der Waals surface area contributed by atoms with Crippen molar-refractivity contribution in [2.75, 3.05) is 36.6 Å². The summed E-state index contributed by atoms with van der Waals surface area (Å²) in [5.41, 5.74) is 6.34. The molecule has 0 radical (unpaired) electrons. The molecule has 1 N–H and O–H groups in total. The van der Waals surface area contributed by atoms with E-state index in [0.717, 1.165) is 37.2 Å². The first kappa shape index (κ1) is 27.6. The Hall–Kier alpha value is -3.61. The summed E-state index contributed by atoms with van der Waals surface area (Å²) in [6, 6.07) is 17.7. The molecule has 0 bridgehead atoms. The predicted octanol–water partition coefficient (Wildman–Crippen LogP) is 6.34. The maximum Gasteiger partial charge on any atom is 0.217 e. The van der Waals surface area contributed by atoms with Gasteiger partial charge in [-0.3, -0.25) is 5.43 Å². The third kappa shape index (κ3) is 10.0. The van der Waals surface area contributed by atoms with E-state index in [2.05, 4.69) is 58.3 Å². The number of aromatic nitrogens is 2. The number of nitrogens with one attached hydrogen (secondary N) is 1. The van der Waals surface area contributed by atoms with Gasteiger partial charge in [0.15, 0.2) is 5.82 Å². The van der Waals surface area contributed by atoms with Gasteiger partial charge < -0.3 is 14.4 Å². The third-order valence-electron chi connectivity index (χ3n) is 4.79. The molecule has 0 atom stereocenters. The Balaban J connectivity index is 0.00000210. The van der Waals surface area contributed by atoms with Crippen molar-refractivity contribution >= 4 is 17.7 Å². The van der Waals surface area contributed by atoms with Gasteiger partial charge in [0.25, 0.3) is 0 Å². The second-order valence-electron chi connectivity index (χ2n) is 7.68. The maximum atomic E-state index is 5.91. The summed E-state index contributed by atoms with van der Waals surface area (Å²) < 4.78 is 11.5. The van der Waals surface area contributed by atoms with Crippen LogP contribution in [0, 0.1) is 6.92 Å². The first-order valence-corrected chi connectivity index (χ1v) is 12.5. The minimum absolute atomic E-state index is 0.362. The van der Waals surface area contributed by atoms with Crippen LogP contribution in [-0.4, -0.2) is 42.5 Å². The normalized spacial score (nSPS) is 10.4. The Morgan fingerprint density at radius 2 is 1.66 bits per heavy atom. The van der Waals surface area contributed by atoms with Gasteiger partial charge in [-0.15, -0.1) is 0 Å². The topological polar surface area (TPSA) is 71.9 Å². The lowest BCUT2D eigenvalue weighted by Crippen LogP contribution is -2.25. The average Bonchev–Trinajstić information content (AvgIpc) is 2.88. The summed E-state index contributed by atoms with van der Waals surface area (Å²) in [6.07, 6.45) is 5.61. The summed E-state index contributed by atoms with van der Waals surface area (Å²) in [5, 5.41) is 4.38. The quantitative estimate of drug-likeness (QED) is 0.176. The molecule has 0 aliphatic rings. The van der Waals surface area contributed by atoms with E-state index >= 15 is 0 Å². The molecule has 0 saturated heterocycles. The number of aryl methyl sites for hydroxylation is 1. The monoisotopic (exact) mass is 477 g/mol. The van der Waals surface area contributed by atoms with Gasteiger partial charge in [0.1, 0.15) is 13.2 Å². The van der Waals surface area contributed by atoms with Crippen molar-refractivity contribution in [2.24, 2.45) is 5.10 Å². The van der Waals surface area contributed by atoms with Gasteiger partial charge in [-0.2, -0.15) is 10.1 Å². The van der Waals surface area contributed by atoms with Crippen LogP contribution in [0.15, 0.2) is 65.9 Å². The molecule has 3 rings (SSSR count). The van der Waals surface area contributed by atoms with E-state index in [0.29, 0.717) is 30.8 Å². The molecule has 0 amide bonds. The molecular formula is C28H39N5O2. The van der Waals surface area contributed by atoms with E-state index in [1.54, 1.807) is 12.4 Å². The summed E-state index contributed by atoms with van der Waals surface area (Å²) >= 11 is 0. The zero-order chi connectivity index (χ0) is 25.3. The van der Waals surface area contributed by atoms with E-state index in [9.17, 15) is 0 Å². The lowest BCUT2D eigenvalue weighted by Gasteiger charge is -2.24. The van der Waals surface area contributed by atoms with Crippen LogP contribution in [-0.2, 0) is 0 Å². The number of benzene rings is 1. The van der Waals surface area contributed by atoms with Crippen LogP contribution in [0.5, 0.6) is 11.8 Å². The van der Waals surface area contributed by atoms with E-state index in [4.69, 9.17) is 9.47 Å². The fourth-order valence-electron chi connectivity index (χ4n) is 3.36. The molecule has 2 aromatic heterocycles. The Bertz CT molecular complexity index is 1010. The zero-order valence-electron chi connectivity index (χ0n) is 21.7. The fraction of sp³-hybridized carbons (Fsp3) is 0.393. The highest BCUT2D eigenvalue weighted by molar-refractivity contribution is 5.80. The second-order valence-corrected chi connectivity index (χ2v) is 7.68. The number of hydrazone groups is 1. The maximum absolute atomic E-state index is 5.91. The molecule has 7 heteroatoms. The van der Waals surface area contributed by atoms with Gasteiger partial charge in [0, 0.05) is 43.2 Å². The first-order chi connectivity index (χ1) is 17.2. The zero-order valence-corrected chi connectivity index (χ0v) is 21.7. The van der Waals surface area contributed by atoms with Crippen LogP contribution >= 0.6 is 0 Å². The molecule has 188 valence electrons. The van der Waals surface area contributed by atoms with E-state index in [1.807, 2.05) is 56.3 Å². The van der Waals surface area contributed by atoms with Gasteiger partial charge in [0.05, 0.1) is 6.21 Å². The molecule has 0 aliphatic heterocycles. The standard InChI is InChI=1S/C26H33N5O2.C2H6/c1-4-13-31(14-5-2)23-18-24(30-28-20-22-10-8-9-21(3)17-22)29-26(19-23)33-16-15-32-25-11-6-7-12-27-25;1-2/h6-12,17-20H,4-5,13-16H2,1-3H3,(H,29,30);1-2H3/b28-20+;. The van der Waals surface area contributed by atoms with E-state index in [-0.39, 0.29) is 0 Å². The van der Waals surface area contributed by atoms with Crippen LogP contribution in [0.2, 0.25) is 0 Å². The van der Waals surface area contributed by atoms with Crippen molar-refractivity contribution in [2.45, 2.75) is 47.5 Å². The Kier molecular flexibility index (Phi) is 12.7. The van der Waals surface area contributed by atoms with Crippen molar-refractivity contribution in [1.29, 1.82) is 0 Å². The number of nitrogens with zero attached hydrogens (tertiary/aromatic N) is 4. The van der Waals surface area contributed by atoms with Crippen molar-refractivity contribution in [3.05, 3.63) is 71.9 Å². The fourth-order valence-corrected chi connectivity index (χ4v) is 3.36. The van der Waals surface area contributed by atoms with Crippen LogP contribution in [0.3, 0.4) is 0 Å². The van der Waals surface area contributed by atoms with E-state index < -0.39 is 0 Å². The molecule has 35 heavy (non-hydrogen) atoms. The van der Waals surface area contributed by atoms with Gasteiger partial charge in [-0.1, -0.05) is 63.6 Å². The lowest BCUT2D eigenvalue weighted by molar-refractivity contribution is 0.207. The second kappa shape index (κ2) is 16.1. The minimum Gasteiger partial charge on any atom is -0.474 e. The van der Waals surface area contributed by atoms with Gasteiger partial charge in [-0.25, -0.2) is 4.98 Å². The Morgan fingerprint density at radius 3 is 2.31 bits per heavy atom. The number of anilines is 2. The molecule has 7 nitrogen and oxygen atoms in total. The molecule has 0 unspecified atom stereocenters. The number of pyridine rings is 2. The molecule has 0 aliphatic carbocycles. The van der Waals surface area contributed by atoms with Crippen LogP contribution in [0.25, 0.3) is 0 Å². The van der Waals surface area contributed by atoms with Crippen molar-refractivity contribution in [3.63, 3.8) is 0 Å². The Morgan fingerprint density at radius 1 is 0.914 bits per heavy atom. The van der Waals surface area contributed by atoms with E-state index in [1.165, 1.54) is 5.56 Å². The average molecular weight is 478 g/mol. The number of ether oxygens (including phenoxy) is 2.